The lowest BCUT2D eigenvalue weighted by molar-refractivity contribution is 0.317. The van der Waals surface area contributed by atoms with Crippen LogP contribution < -0.4 is 5.73 Å². The van der Waals surface area contributed by atoms with E-state index in [4.69, 9.17) is 10.9 Å². The lowest BCUT2D eigenvalue weighted by atomic mass is 10.1. The quantitative estimate of drug-likeness (QED) is 0.437. The van der Waals surface area contributed by atoms with Crippen molar-refractivity contribution in [3.63, 3.8) is 0 Å². The molecule has 12 heavy (non-hydrogen) atoms. The van der Waals surface area contributed by atoms with Crippen molar-refractivity contribution < 1.29 is 5.21 Å². The standard InChI is InChI=1S/C9H10N2O/c10-8-5-6-3-1-2-4-7(6)9(8)11-12/h1-4,8,12H,5,10H2/b11-9-. The summed E-state index contributed by atoms with van der Waals surface area (Å²) in [6.45, 7) is 0. The molecule has 1 aliphatic carbocycles. The summed E-state index contributed by atoms with van der Waals surface area (Å²) in [5, 5.41) is 11.9. The summed E-state index contributed by atoms with van der Waals surface area (Å²) in [5.41, 5.74) is 8.50. The van der Waals surface area contributed by atoms with Crippen LogP contribution in [0.2, 0.25) is 0 Å². The van der Waals surface area contributed by atoms with Crippen molar-refractivity contribution in [1.29, 1.82) is 0 Å². The van der Waals surface area contributed by atoms with Crippen LogP contribution in [0.25, 0.3) is 0 Å². The van der Waals surface area contributed by atoms with E-state index in [-0.39, 0.29) is 6.04 Å². The molecule has 1 aromatic rings. The fourth-order valence-electron chi connectivity index (χ4n) is 1.61. The highest BCUT2D eigenvalue weighted by Gasteiger charge is 2.25. The molecule has 1 atom stereocenters. The molecule has 0 saturated carbocycles. The lowest BCUT2D eigenvalue weighted by Crippen LogP contribution is -2.27. The summed E-state index contributed by atoms with van der Waals surface area (Å²) in [4.78, 5) is 0. The highest BCUT2D eigenvalue weighted by molar-refractivity contribution is 6.07. The van der Waals surface area contributed by atoms with E-state index in [1.54, 1.807) is 0 Å². The molecule has 0 bridgehead atoms. The maximum absolute atomic E-state index is 8.69. The molecule has 3 N–H and O–H groups in total. The van der Waals surface area contributed by atoms with Gasteiger partial charge in [-0.25, -0.2) is 0 Å². The molecule has 0 heterocycles. The van der Waals surface area contributed by atoms with Crippen LogP contribution in [0.3, 0.4) is 0 Å². The van der Waals surface area contributed by atoms with E-state index < -0.39 is 0 Å². The molecule has 1 aromatic carbocycles. The molecule has 0 spiro atoms. The van der Waals surface area contributed by atoms with E-state index in [9.17, 15) is 0 Å². The van der Waals surface area contributed by atoms with Gasteiger partial charge >= 0.3 is 0 Å². The molecule has 62 valence electrons. The van der Waals surface area contributed by atoms with Crippen LogP contribution in [-0.4, -0.2) is 17.0 Å². The van der Waals surface area contributed by atoms with Crippen molar-refractivity contribution in [3.05, 3.63) is 35.4 Å². The Labute approximate surface area is 70.5 Å². The number of oxime groups is 1. The number of hydrogen-bond acceptors (Lipinski definition) is 3. The maximum atomic E-state index is 8.69. The Morgan fingerprint density at radius 2 is 2.17 bits per heavy atom. The van der Waals surface area contributed by atoms with Crippen molar-refractivity contribution in [1.82, 2.24) is 0 Å². The molecule has 1 unspecified atom stereocenters. The highest BCUT2D eigenvalue weighted by atomic mass is 16.4. The highest BCUT2D eigenvalue weighted by Crippen LogP contribution is 2.20. The molecule has 0 aromatic heterocycles. The molecule has 3 heteroatoms. The zero-order valence-electron chi connectivity index (χ0n) is 6.57. The van der Waals surface area contributed by atoms with E-state index in [2.05, 4.69) is 5.16 Å². The van der Waals surface area contributed by atoms with Gasteiger partial charge in [0.15, 0.2) is 0 Å². The Balaban J connectivity index is 2.55. The number of fused-ring (bicyclic) bond motifs is 1. The van der Waals surface area contributed by atoms with Gasteiger partial charge in [0.25, 0.3) is 0 Å². The van der Waals surface area contributed by atoms with Gasteiger partial charge in [-0.2, -0.15) is 0 Å². The van der Waals surface area contributed by atoms with Crippen LogP contribution in [-0.2, 0) is 6.42 Å². The Kier molecular flexibility index (Phi) is 1.59. The molecule has 3 nitrogen and oxygen atoms in total. The van der Waals surface area contributed by atoms with Crippen LogP contribution in [0, 0.1) is 0 Å². The lowest BCUT2D eigenvalue weighted by Gasteiger charge is -1.99. The van der Waals surface area contributed by atoms with Gasteiger partial charge in [-0.1, -0.05) is 29.4 Å². The van der Waals surface area contributed by atoms with Gasteiger partial charge in [0.2, 0.25) is 0 Å². The fourth-order valence-corrected chi connectivity index (χ4v) is 1.61. The average molecular weight is 162 g/mol. The summed E-state index contributed by atoms with van der Waals surface area (Å²) < 4.78 is 0. The first kappa shape index (κ1) is 7.31. The second-order valence-corrected chi connectivity index (χ2v) is 2.95. The second kappa shape index (κ2) is 2.60. The normalized spacial score (nSPS) is 24.4. The van der Waals surface area contributed by atoms with Gasteiger partial charge in [0.05, 0.1) is 6.04 Å². The third-order valence-electron chi connectivity index (χ3n) is 2.19. The first-order valence-corrected chi connectivity index (χ1v) is 3.88. The zero-order valence-corrected chi connectivity index (χ0v) is 6.57. The molecular formula is C9H10N2O. The third-order valence-corrected chi connectivity index (χ3v) is 2.19. The van der Waals surface area contributed by atoms with Crippen molar-refractivity contribution in [2.45, 2.75) is 12.5 Å². The van der Waals surface area contributed by atoms with Crippen molar-refractivity contribution in [3.8, 4) is 0 Å². The molecule has 0 amide bonds. The molecule has 0 radical (unpaired) electrons. The summed E-state index contributed by atoms with van der Waals surface area (Å²) in [7, 11) is 0. The number of nitrogens with two attached hydrogens (primary N) is 1. The van der Waals surface area contributed by atoms with Crippen LogP contribution in [0.15, 0.2) is 29.4 Å². The topological polar surface area (TPSA) is 58.6 Å². The first-order chi connectivity index (χ1) is 5.83. The summed E-state index contributed by atoms with van der Waals surface area (Å²) in [6, 6.07) is 7.67. The van der Waals surface area contributed by atoms with Crippen molar-refractivity contribution in [2.24, 2.45) is 10.9 Å². The summed E-state index contributed by atoms with van der Waals surface area (Å²) in [6.07, 6.45) is 0.773. The maximum Gasteiger partial charge on any atom is 0.104 e. The average Bonchev–Trinajstić information content (AvgIpc) is 2.40. The van der Waals surface area contributed by atoms with Crippen LogP contribution >= 0.6 is 0 Å². The number of benzene rings is 1. The van der Waals surface area contributed by atoms with Gasteiger partial charge in [-0.15, -0.1) is 0 Å². The minimum absolute atomic E-state index is 0.146. The second-order valence-electron chi connectivity index (χ2n) is 2.95. The van der Waals surface area contributed by atoms with E-state index in [0.717, 1.165) is 17.5 Å². The number of nitrogens with zero attached hydrogens (tertiary/aromatic N) is 1. The first-order valence-electron chi connectivity index (χ1n) is 3.88. The fraction of sp³-hybridized carbons (Fsp3) is 0.222. The Bertz CT molecular complexity index is 333. The SMILES string of the molecule is NC1Cc2ccccc2/C1=N/O. The largest absolute Gasteiger partial charge is 0.411 e. The predicted molar refractivity (Wildman–Crippen MR) is 46.4 cm³/mol. The third kappa shape index (κ3) is 0.905. The Hall–Kier alpha value is -1.35. The molecule has 2 rings (SSSR count). The summed E-state index contributed by atoms with van der Waals surface area (Å²) >= 11 is 0. The van der Waals surface area contributed by atoms with Gasteiger partial charge in [-0.05, 0) is 12.0 Å². The van der Waals surface area contributed by atoms with Crippen molar-refractivity contribution >= 4 is 5.71 Å². The zero-order chi connectivity index (χ0) is 8.55. The number of rotatable bonds is 0. The van der Waals surface area contributed by atoms with Crippen LogP contribution in [0.5, 0.6) is 0 Å². The Morgan fingerprint density at radius 1 is 1.42 bits per heavy atom. The minimum atomic E-state index is -0.146. The van der Waals surface area contributed by atoms with E-state index >= 15 is 0 Å². The number of hydrogen-bond donors (Lipinski definition) is 2. The molecule has 0 aliphatic heterocycles. The molecule has 0 saturated heterocycles. The van der Waals surface area contributed by atoms with Gasteiger partial charge in [0.1, 0.15) is 5.71 Å². The smallest absolute Gasteiger partial charge is 0.104 e. The molecular weight excluding hydrogens is 152 g/mol. The molecule has 1 aliphatic rings. The van der Waals surface area contributed by atoms with Gasteiger partial charge < -0.3 is 10.9 Å². The minimum Gasteiger partial charge on any atom is -0.411 e. The monoisotopic (exact) mass is 162 g/mol. The van der Waals surface area contributed by atoms with Crippen molar-refractivity contribution in [2.75, 3.05) is 0 Å². The van der Waals surface area contributed by atoms with E-state index in [0.29, 0.717) is 5.71 Å². The van der Waals surface area contributed by atoms with E-state index in [1.165, 1.54) is 0 Å². The van der Waals surface area contributed by atoms with Crippen LogP contribution in [0.4, 0.5) is 0 Å². The van der Waals surface area contributed by atoms with Crippen LogP contribution in [0.1, 0.15) is 11.1 Å². The van der Waals surface area contributed by atoms with E-state index in [1.807, 2.05) is 24.3 Å². The van der Waals surface area contributed by atoms with Gasteiger partial charge in [0, 0.05) is 5.56 Å². The summed E-state index contributed by atoms with van der Waals surface area (Å²) in [5.74, 6) is 0. The molecule has 0 fully saturated rings. The predicted octanol–water partition coefficient (Wildman–Crippen LogP) is 0.748. The Morgan fingerprint density at radius 3 is 2.92 bits per heavy atom. The van der Waals surface area contributed by atoms with Gasteiger partial charge in [-0.3, -0.25) is 0 Å².